The van der Waals surface area contributed by atoms with Gasteiger partial charge in [-0.15, -0.1) is 0 Å². The van der Waals surface area contributed by atoms with E-state index in [4.69, 9.17) is 4.55 Å². The summed E-state index contributed by atoms with van der Waals surface area (Å²) in [6.07, 6.45) is -0.225. The molecule has 1 N–H and O–H groups in total. The van der Waals surface area contributed by atoms with E-state index in [2.05, 4.69) is 10.8 Å². The van der Waals surface area contributed by atoms with Crippen LogP contribution in [0.5, 0.6) is 5.75 Å². The Morgan fingerprint density at radius 1 is 1.00 bits per heavy atom. The molecule has 0 aliphatic heterocycles. The Morgan fingerprint density at radius 3 is 1.83 bits per heavy atom. The number of hydrogen-bond acceptors (Lipinski definition) is 6. The fourth-order valence-electron chi connectivity index (χ4n) is 1.67. The van der Waals surface area contributed by atoms with E-state index in [1.165, 1.54) is 6.92 Å². The van der Waals surface area contributed by atoms with Crippen molar-refractivity contribution < 1.29 is 56.7 Å². The van der Waals surface area contributed by atoms with Crippen LogP contribution in [0.15, 0.2) is 36.4 Å². The minimum absolute atomic E-state index is 0.176. The highest BCUT2D eigenvalue weighted by molar-refractivity contribution is 7.88. The van der Waals surface area contributed by atoms with Gasteiger partial charge in [0.05, 0.1) is 0 Å². The summed E-state index contributed by atoms with van der Waals surface area (Å²) in [7, 11) is -14.0. The molecule has 0 atom stereocenters. The van der Waals surface area contributed by atoms with Gasteiger partial charge in [-0.25, -0.2) is 0 Å². The maximum absolute atomic E-state index is 13.7. The van der Waals surface area contributed by atoms with Gasteiger partial charge in [0.15, 0.2) is 5.78 Å². The first-order chi connectivity index (χ1) is 12.8. The molecule has 0 aliphatic rings. The van der Waals surface area contributed by atoms with Crippen molar-refractivity contribution in [3.05, 3.63) is 42.0 Å². The number of carbonyl (C=O) groups is 1. The molecule has 15 heteroatoms. The molecule has 1 aromatic carbocycles. The first-order valence-electron chi connectivity index (χ1n) is 7.10. The minimum Gasteiger partial charge on any atom is -0.378 e. The number of ketones is 1. The van der Waals surface area contributed by atoms with Gasteiger partial charge in [0.1, 0.15) is 5.75 Å². The quantitative estimate of drug-likeness (QED) is 0.255. The van der Waals surface area contributed by atoms with Crippen molar-refractivity contribution in [1.29, 1.82) is 0 Å². The molecule has 164 valence electrons. The lowest BCUT2D eigenvalue weighted by Crippen LogP contribution is -2.61. The molecular formula is C14H12F6O7S2. The Balaban J connectivity index is 3.22. The van der Waals surface area contributed by atoms with Crippen LogP contribution in [0.25, 0.3) is 0 Å². The molecule has 29 heavy (non-hydrogen) atoms. The summed E-state index contributed by atoms with van der Waals surface area (Å²) in [6.45, 7) is 4.77. The van der Waals surface area contributed by atoms with E-state index < -0.39 is 48.2 Å². The number of Topliss-reactive ketones (excluding diaryl/α,β-unsaturated/α-hetero) is 1. The summed E-state index contributed by atoms with van der Waals surface area (Å²) >= 11 is 0. The molecule has 0 radical (unpaired) electrons. The molecule has 0 bridgehead atoms. The lowest BCUT2D eigenvalue weighted by atomic mass is 10.1. The molecule has 0 saturated heterocycles. The van der Waals surface area contributed by atoms with Gasteiger partial charge >= 0.3 is 36.7 Å². The van der Waals surface area contributed by atoms with Crippen molar-refractivity contribution in [2.75, 3.05) is 0 Å². The topological polar surface area (TPSA) is 115 Å². The van der Waals surface area contributed by atoms with Crippen molar-refractivity contribution in [2.45, 2.75) is 29.8 Å². The third-order valence-corrected chi connectivity index (χ3v) is 5.54. The van der Waals surface area contributed by atoms with Crippen LogP contribution in [-0.4, -0.2) is 43.6 Å². The van der Waals surface area contributed by atoms with Gasteiger partial charge in [0, 0.05) is 6.42 Å². The van der Waals surface area contributed by atoms with Gasteiger partial charge in [-0.2, -0.15) is 43.2 Å². The van der Waals surface area contributed by atoms with E-state index in [1.54, 1.807) is 0 Å². The number of hydrogen-bond donors (Lipinski definition) is 1. The van der Waals surface area contributed by atoms with Gasteiger partial charge in [0.25, 0.3) is 0 Å². The van der Waals surface area contributed by atoms with E-state index >= 15 is 0 Å². The minimum atomic E-state index is -7.12. The van der Waals surface area contributed by atoms with Crippen LogP contribution in [0.4, 0.5) is 26.3 Å². The monoisotopic (exact) mass is 470 g/mol. The lowest BCUT2D eigenvalue weighted by Gasteiger charge is -2.29. The third kappa shape index (κ3) is 4.56. The lowest BCUT2D eigenvalue weighted by molar-refractivity contribution is -0.247. The molecule has 0 aliphatic carbocycles. The molecule has 0 aromatic heterocycles. The largest absolute Gasteiger partial charge is 0.450 e. The molecule has 0 saturated carbocycles. The van der Waals surface area contributed by atoms with Crippen molar-refractivity contribution in [1.82, 2.24) is 0 Å². The Bertz CT molecular complexity index is 1020. The molecular weight excluding hydrogens is 458 g/mol. The highest BCUT2D eigenvalue weighted by Crippen LogP contribution is 2.50. The third-order valence-electron chi connectivity index (χ3n) is 3.34. The molecule has 1 rings (SSSR count). The fourth-order valence-corrected chi connectivity index (χ4v) is 3.09. The second-order valence-corrected chi connectivity index (χ2v) is 8.70. The van der Waals surface area contributed by atoms with Crippen LogP contribution in [0.1, 0.15) is 12.5 Å². The highest BCUT2D eigenvalue weighted by Gasteiger charge is 2.83. The SMILES string of the molecule is C=C(C)C(=O)Cc1ccc(OS(=O)(=O)C(F)(F)C(F)(F)C(F)(F)S(=O)(=O)O)cc1. The summed E-state index contributed by atoms with van der Waals surface area (Å²) in [5.74, 6) is -8.55. The molecule has 7 nitrogen and oxygen atoms in total. The van der Waals surface area contributed by atoms with E-state index in [0.29, 0.717) is 12.1 Å². The predicted molar refractivity (Wildman–Crippen MR) is 85.9 cm³/mol. The number of benzene rings is 1. The predicted octanol–water partition coefficient (Wildman–Crippen LogP) is 2.79. The zero-order valence-corrected chi connectivity index (χ0v) is 15.8. The first-order valence-corrected chi connectivity index (χ1v) is 9.95. The summed E-state index contributed by atoms with van der Waals surface area (Å²) in [6, 6.07) is 3.31. The van der Waals surface area contributed by atoms with Crippen LogP contribution >= 0.6 is 0 Å². The smallest absolute Gasteiger partial charge is 0.378 e. The van der Waals surface area contributed by atoms with E-state index in [9.17, 15) is 48.0 Å². The average Bonchev–Trinajstić information content (AvgIpc) is 2.54. The number of rotatable bonds is 9. The fraction of sp³-hybridized carbons (Fsp3) is 0.357. The molecule has 0 unspecified atom stereocenters. The van der Waals surface area contributed by atoms with Crippen LogP contribution in [-0.2, 0) is 31.5 Å². The number of alkyl halides is 6. The Labute approximate surface area is 160 Å². The molecule has 1 aromatic rings. The summed E-state index contributed by atoms with van der Waals surface area (Å²) in [4.78, 5) is 11.5. The van der Waals surface area contributed by atoms with E-state index in [0.717, 1.165) is 12.1 Å². The zero-order valence-electron chi connectivity index (χ0n) is 14.2. The number of carbonyl (C=O) groups excluding carboxylic acids is 1. The van der Waals surface area contributed by atoms with Crippen LogP contribution in [0.3, 0.4) is 0 Å². The maximum atomic E-state index is 13.7. The molecule has 0 amide bonds. The molecule has 0 fully saturated rings. The van der Waals surface area contributed by atoms with Crippen molar-refractivity contribution in [2.24, 2.45) is 0 Å². The van der Waals surface area contributed by atoms with Crippen molar-refractivity contribution >= 4 is 26.0 Å². The van der Waals surface area contributed by atoms with Gasteiger partial charge in [0.2, 0.25) is 0 Å². The van der Waals surface area contributed by atoms with Crippen LogP contribution in [0.2, 0.25) is 0 Å². The summed E-state index contributed by atoms with van der Waals surface area (Å²) < 4.78 is 136. The first kappa shape index (κ1) is 24.9. The van der Waals surface area contributed by atoms with Crippen molar-refractivity contribution in [3.63, 3.8) is 0 Å². The van der Waals surface area contributed by atoms with Crippen LogP contribution in [0, 0.1) is 0 Å². The second-order valence-electron chi connectivity index (χ2n) is 5.64. The van der Waals surface area contributed by atoms with Gasteiger partial charge in [-0.05, 0) is 30.2 Å². The number of halogens is 6. The Morgan fingerprint density at radius 2 is 1.45 bits per heavy atom. The highest BCUT2D eigenvalue weighted by atomic mass is 32.2. The zero-order chi connectivity index (χ0) is 23.1. The van der Waals surface area contributed by atoms with Gasteiger partial charge in [-0.1, -0.05) is 18.7 Å². The van der Waals surface area contributed by atoms with Gasteiger partial charge < -0.3 is 4.18 Å². The molecule has 0 heterocycles. The molecule has 0 spiro atoms. The normalized spacial score (nSPS) is 13.8. The van der Waals surface area contributed by atoms with E-state index in [1.807, 2.05) is 0 Å². The van der Waals surface area contributed by atoms with Gasteiger partial charge in [-0.3, -0.25) is 9.35 Å². The average molecular weight is 470 g/mol. The summed E-state index contributed by atoms with van der Waals surface area (Å²) in [5, 5.41) is -13.6. The van der Waals surface area contributed by atoms with Crippen LogP contribution < -0.4 is 4.18 Å². The Kier molecular flexibility index (Phi) is 6.53. The Hall–Kier alpha value is -2.13. The summed E-state index contributed by atoms with van der Waals surface area (Å²) in [5.41, 5.74) is 0.396. The second kappa shape index (κ2) is 7.60. The maximum Gasteiger partial charge on any atom is 0.450 e. The standard InChI is InChI=1S/C14H12F6O7S2/c1-8(2)11(21)7-9-3-5-10(6-4-9)27-29(25,26)14(19,20)12(15,16)13(17,18)28(22,23)24/h3-6H,1,7H2,2H3,(H,22,23,24). The van der Waals surface area contributed by atoms with Crippen molar-refractivity contribution in [3.8, 4) is 5.75 Å². The number of allylic oxidation sites excluding steroid dienone is 1. The van der Waals surface area contributed by atoms with E-state index in [-0.39, 0.29) is 17.6 Å².